The van der Waals surface area contributed by atoms with Crippen molar-refractivity contribution in [2.45, 2.75) is 5.16 Å². The fourth-order valence-corrected chi connectivity index (χ4v) is 1.98. The standard InChI is InChI=1S/C13H15FN4S/c1-15-11-8-12(17-13(16-11)19-3)18(2)10-6-4-9(14)5-7-10/h4-8H,1-3H3,(H,15,16,17). The Balaban J connectivity index is 2.37. The Morgan fingerprint density at radius 1 is 1.21 bits per heavy atom. The minimum atomic E-state index is -0.249. The summed E-state index contributed by atoms with van der Waals surface area (Å²) in [5.41, 5.74) is 0.870. The monoisotopic (exact) mass is 278 g/mol. The molecule has 100 valence electrons. The number of nitrogens with zero attached hydrogens (tertiary/aromatic N) is 3. The van der Waals surface area contributed by atoms with E-state index in [1.165, 1.54) is 23.9 Å². The van der Waals surface area contributed by atoms with E-state index in [1.807, 2.05) is 31.3 Å². The van der Waals surface area contributed by atoms with Gasteiger partial charge in [-0.25, -0.2) is 14.4 Å². The van der Waals surface area contributed by atoms with Crippen LogP contribution in [0.1, 0.15) is 0 Å². The average molecular weight is 278 g/mol. The minimum Gasteiger partial charge on any atom is -0.373 e. The lowest BCUT2D eigenvalue weighted by atomic mass is 10.3. The maximum atomic E-state index is 12.9. The summed E-state index contributed by atoms with van der Waals surface area (Å²) in [5.74, 6) is 1.26. The fraction of sp³-hybridized carbons (Fsp3) is 0.231. The van der Waals surface area contributed by atoms with Crippen LogP contribution >= 0.6 is 11.8 Å². The lowest BCUT2D eigenvalue weighted by molar-refractivity contribution is 0.628. The van der Waals surface area contributed by atoms with E-state index in [0.717, 1.165) is 17.3 Å². The first-order valence-electron chi connectivity index (χ1n) is 5.74. The summed E-state index contributed by atoms with van der Waals surface area (Å²) in [6, 6.07) is 8.15. The van der Waals surface area contributed by atoms with Gasteiger partial charge in [0.25, 0.3) is 0 Å². The quantitative estimate of drug-likeness (QED) is 0.687. The van der Waals surface area contributed by atoms with Crippen molar-refractivity contribution in [1.29, 1.82) is 0 Å². The van der Waals surface area contributed by atoms with Gasteiger partial charge in [-0.2, -0.15) is 0 Å². The Hall–Kier alpha value is -1.82. The minimum absolute atomic E-state index is 0.249. The van der Waals surface area contributed by atoms with E-state index in [1.54, 1.807) is 12.1 Å². The van der Waals surface area contributed by atoms with E-state index in [4.69, 9.17) is 0 Å². The van der Waals surface area contributed by atoms with Crippen molar-refractivity contribution in [1.82, 2.24) is 9.97 Å². The highest BCUT2D eigenvalue weighted by molar-refractivity contribution is 7.98. The van der Waals surface area contributed by atoms with Crippen molar-refractivity contribution < 1.29 is 4.39 Å². The zero-order valence-electron chi connectivity index (χ0n) is 11.0. The van der Waals surface area contributed by atoms with E-state index in [9.17, 15) is 4.39 Å². The molecule has 0 saturated heterocycles. The molecule has 0 unspecified atom stereocenters. The number of benzene rings is 1. The molecule has 2 rings (SSSR count). The molecule has 0 saturated carbocycles. The van der Waals surface area contributed by atoms with Crippen LogP contribution in [0.4, 0.5) is 21.7 Å². The fourth-order valence-electron chi connectivity index (χ4n) is 1.60. The number of nitrogens with one attached hydrogen (secondary N) is 1. The molecule has 0 fully saturated rings. The van der Waals surface area contributed by atoms with Crippen molar-refractivity contribution in [2.24, 2.45) is 0 Å². The molecule has 1 aromatic heterocycles. The Kier molecular flexibility index (Phi) is 4.21. The zero-order chi connectivity index (χ0) is 13.8. The first-order valence-corrected chi connectivity index (χ1v) is 6.96. The Bertz CT molecular complexity index is 537. The molecule has 0 atom stereocenters. The highest BCUT2D eigenvalue weighted by atomic mass is 32.2. The van der Waals surface area contributed by atoms with Crippen molar-refractivity contribution in [2.75, 3.05) is 30.6 Å². The first-order chi connectivity index (χ1) is 9.13. The van der Waals surface area contributed by atoms with E-state index in [-0.39, 0.29) is 5.82 Å². The van der Waals surface area contributed by atoms with Crippen LogP contribution in [-0.4, -0.2) is 30.3 Å². The predicted octanol–water partition coefficient (Wildman–Crippen LogP) is 3.15. The normalized spacial score (nSPS) is 10.3. The summed E-state index contributed by atoms with van der Waals surface area (Å²) in [5, 5.41) is 3.70. The van der Waals surface area contributed by atoms with Crippen molar-refractivity contribution in [3.8, 4) is 0 Å². The van der Waals surface area contributed by atoms with Crippen LogP contribution < -0.4 is 10.2 Å². The van der Waals surface area contributed by atoms with E-state index in [0.29, 0.717) is 5.16 Å². The maximum Gasteiger partial charge on any atom is 0.191 e. The third kappa shape index (κ3) is 3.14. The molecule has 0 aliphatic heterocycles. The Labute approximate surface area is 116 Å². The number of hydrogen-bond acceptors (Lipinski definition) is 5. The smallest absolute Gasteiger partial charge is 0.191 e. The first kappa shape index (κ1) is 13.6. The second kappa shape index (κ2) is 5.88. The largest absolute Gasteiger partial charge is 0.373 e. The molecule has 6 heteroatoms. The van der Waals surface area contributed by atoms with E-state index in [2.05, 4.69) is 15.3 Å². The predicted molar refractivity (Wildman–Crippen MR) is 77.8 cm³/mol. The van der Waals surface area contributed by atoms with Gasteiger partial charge in [0.15, 0.2) is 5.16 Å². The molecule has 0 bridgehead atoms. The Morgan fingerprint density at radius 2 is 1.89 bits per heavy atom. The summed E-state index contributed by atoms with van der Waals surface area (Å²) < 4.78 is 12.9. The van der Waals surface area contributed by atoms with Crippen LogP contribution in [0.2, 0.25) is 0 Å². The summed E-state index contributed by atoms with van der Waals surface area (Å²) in [7, 11) is 3.70. The molecule has 0 aliphatic rings. The van der Waals surface area contributed by atoms with E-state index >= 15 is 0 Å². The number of aromatic nitrogens is 2. The van der Waals surface area contributed by atoms with Crippen molar-refractivity contribution in [3.05, 3.63) is 36.1 Å². The van der Waals surface area contributed by atoms with E-state index < -0.39 is 0 Å². The molecule has 1 aromatic carbocycles. The number of anilines is 3. The van der Waals surface area contributed by atoms with Gasteiger partial charge in [0.2, 0.25) is 0 Å². The van der Waals surface area contributed by atoms with Gasteiger partial charge in [0.05, 0.1) is 0 Å². The molecule has 0 radical (unpaired) electrons. The third-order valence-electron chi connectivity index (χ3n) is 2.69. The van der Waals surface area contributed by atoms with Crippen LogP contribution in [0.25, 0.3) is 0 Å². The van der Waals surface area contributed by atoms with Gasteiger partial charge in [0.1, 0.15) is 17.5 Å². The maximum absolute atomic E-state index is 12.9. The number of halogens is 1. The molecular weight excluding hydrogens is 263 g/mol. The summed E-state index contributed by atoms with van der Waals surface area (Å²) in [6.07, 6.45) is 1.93. The molecule has 1 N–H and O–H groups in total. The number of hydrogen-bond donors (Lipinski definition) is 1. The molecule has 0 spiro atoms. The van der Waals surface area contributed by atoms with Crippen LogP contribution in [0.15, 0.2) is 35.5 Å². The highest BCUT2D eigenvalue weighted by Crippen LogP contribution is 2.25. The van der Waals surface area contributed by atoms with Crippen molar-refractivity contribution in [3.63, 3.8) is 0 Å². The van der Waals surface area contributed by atoms with Gasteiger partial charge in [0, 0.05) is 25.8 Å². The topological polar surface area (TPSA) is 41.0 Å². The Morgan fingerprint density at radius 3 is 2.47 bits per heavy atom. The summed E-state index contributed by atoms with van der Waals surface area (Å²) in [4.78, 5) is 10.6. The number of thioether (sulfide) groups is 1. The van der Waals surface area contributed by atoms with Gasteiger partial charge in [-0.3, -0.25) is 0 Å². The van der Waals surface area contributed by atoms with Crippen LogP contribution in [-0.2, 0) is 0 Å². The molecule has 0 aliphatic carbocycles. The second-order valence-corrected chi connectivity index (χ2v) is 4.66. The lowest BCUT2D eigenvalue weighted by Crippen LogP contribution is -2.12. The second-order valence-electron chi connectivity index (χ2n) is 3.88. The molecule has 1 heterocycles. The average Bonchev–Trinajstić information content (AvgIpc) is 2.46. The lowest BCUT2D eigenvalue weighted by Gasteiger charge is -2.19. The van der Waals surface area contributed by atoms with Gasteiger partial charge in [-0.05, 0) is 30.5 Å². The summed E-state index contributed by atoms with van der Waals surface area (Å²) >= 11 is 1.48. The van der Waals surface area contributed by atoms with Gasteiger partial charge >= 0.3 is 0 Å². The van der Waals surface area contributed by atoms with Crippen LogP contribution in [0, 0.1) is 5.82 Å². The third-order valence-corrected chi connectivity index (χ3v) is 3.24. The molecule has 4 nitrogen and oxygen atoms in total. The van der Waals surface area contributed by atoms with Gasteiger partial charge in [-0.1, -0.05) is 11.8 Å². The van der Waals surface area contributed by atoms with Crippen LogP contribution in [0.3, 0.4) is 0 Å². The van der Waals surface area contributed by atoms with Gasteiger partial charge < -0.3 is 10.2 Å². The SMILES string of the molecule is CNc1cc(N(C)c2ccc(F)cc2)nc(SC)n1. The highest BCUT2D eigenvalue weighted by Gasteiger charge is 2.09. The molecular formula is C13H15FN4S. The van der Waals surface area contributed by atoms with Gasteiger partial charge in [-0.15, -0.1) is 0 Å². The van der Waals surface area contributed by atoms with Crippen molar-refractivity contribution >= 4 is 29.1 Å². The molecule has 19 heavy (non-hydrogen) atoms. The zero-order valence-corrected chi connectivity index (χ0v) is 11.8. The summed E-state index contributed by atoms with van der Waals surface area (Å²) in [6.45, 7) is 0. The van der Waals surface area contributed by atoms with Crippen LogP contribution in [0.5, 0.6) is 0 Å². The molecule has 0 amide bonds. The molecule has 2 aromatic rings. The number of rotatable bonds is 4.